The van der Waals surface area contributed by atoms with Gasteiger partial charge in [0.25, 0.3) is 0 Å². The van der Waals surface area contributed by atoms with Gasteiger partial charge in [-0.2, -0.15) is 0 Å². The minimum Gasteiger partial charge on any atom is -0.324 e. The number of benzene rings is 2. The van der Waals surface area contributed by atoms with Gasteiger partial charge in [-0.3, -0.25) is 4.79 Å². The van der Waals surface area contributed by atoms with Crippen molar-refractivity contribution in [2.75, 3.05) is 5.32 Å². The number of carbonyl (C=O) groups is 1. The van der Waals surface area contributed by atoms with Crippen molar-refractivity contribution in [2.24, 2.45) is 7.05 Å². The van der Waals surface area contributed by atoms with Gasteiger partial charge in [-0.1, -0.05) is 58.7 Å². The maximum atomic E-state index is 12.5. The second kappa shape index (κ2) is 8.33. The van der Waals surface area contributed by atoms with Crippen molar-refractivity contribution in [1.29, 1.82) is 0 Å². The molecule has 0 radical (unpaired) electrons. The molecule has 0 bridgehead atoms. The summed E-state index contributed by atoms with van der Waals surface area (Å²) in [5.74, 6) is 0.566. The molecule has 0 aliphatic carbocycles. The number of thioether (sulfide) groups is 1. The highest BCUT2D eigenvalue weighted by Crippen LogP contribution is 2.29. The number of carbonyl (C=O) groups excluding carboxylic acids is 1. The van der Waals surface area contributed by atoms with Crippen LogP contribution < -0.4 is 5.32 Å². The molecule has 27 heavy (non-hydrogen) atoms. The highest BCUT2D eigenvalue weighted by Gasteiger charge is 2.20. The predicted octanol–water partition coefficient (Wildman–Crippen LogP) is 5.22. The van der Waals surface area contributed by atoms with Gasteiger partial charge in [-0.25, -0.2) is 0 Å². The Kier molecular flexibility index (Phi) is 6.09. The van der Waals surface area contributed by atoms with Crippen LogP contribution in [0, 0.1) is 6.92 Å². The van der Waals surface area contributed by atoms with Crippen LogP contribution in [0.3, 0.4) is 0 Å². The Morgan fingerprint density at radius 3 is 2.70 bits per heavy atom. The van der Waals surface area contributed by atoms with Gasteiger partial charge in [0.05, 0.1) is 16.0 Å². The molecular weight excluding hydrogens is 403 g/mol. The van der Waals surface area contributed by atoms with Gasteiger partial charge in [0.1, 0.15) is 0 Å². The lowest BCUT2D eigenvalue weighted by Gasteiger charge is -2.13. The molecule has 0 saturated heterocycles. The molecule has 1 N–H and O–H groups in total. The monoisotopic (exact) mass is 420 g/mol. The molecule has 1 amide bonds. The molecule has 140 valence electrons. The van der Waals surface area contributed by atoms with Crippen molar-refractivity contribution in [1.82, 2.24) is 14.8 Å². The molecule has 0 aliphatic heterocycles. The SMILES string of the molecule is Cc1cccc(-c2nnc(S[C@@H](C)C(=O)Nc3cc(Cl)ccc3Cl)n2C)c1. The van der Waals surface area contributed by atoms with Crippen molar-refractivity contribution in [3.8, 4) is 11.4 Å². The average Bonchev–Trinajstić information content (AvgIpc) is 2.98. The quantitative estimate of drug-likeness (QED) is 0.574. The van der Waals surface area contributed by atoms with Crippen LogP contribution in [0.2, 0.25) is 10.0 Å². The van der Waals surface area contributed by atoms with Crippen molar-refractivity contribution in [2.45, 2.75) is 24.3 Å². The van der Waals surface area contributed by atoms with Crippen molar-refractivity contribution in [3.05, 3.63) is 58.1 Å². The van der Waals surface area contributed by atoms with Crippen molar-refractivity contribution < 1.29 is 4.79 Å². The number of rotatable bonds is 5. The summed E-state index contributed by atoms with van der Waals surface area (Å²) in [6, 6.07) is 13.0. The molecule has 0 aliphatic rings. The van der Waals surface area contributed by atoms with Gasteiger partial charge in [-0.15, -0.1) is 10.2 Å². The van der Waals surface area contributed by atoms with Crippen LogP contribution >= 0.6 is 35.0 Å². The number of nitrogens with one attached hydrogen (secondary N) is 1. The number of hydrogen-bond donors (Lipinski definition) is 1. The first-order valence-corrected chi connectivity index (χ1v) is 9.87. The molecule has 5 nitrogen and oxygen atoms in total. The molecule has 0 saturated carbocycles. The summed E-state index contributed by atoms with van der Waals surface area (Å²) < 4.78 is 1.88. The van der Waals surface area contributed by atoms with E-state index in [1.807, 2.05) is 36.7 Å². The fourth-order valence-electron chi connectivity index (χ4n) is 2.49. The number of hydrogen-bond acceptors (Lipinski definition) is 4. The van der Waals surface area contributed by atoms with E-state index in [4.69, 9.17) is 23.2 Å². The molecule has 3 rings (SSSR count). The molecule has 1 aromatic heterocycles. The third-order valence-corrected chi connectivity index (χ3v) is 5.65. The smallest absolute Gasteiger partial charge is 0.237 e. The van der Waals surface area contributed by atoms with Crippen LogP contribution in [0.15, 0.2) is 47.6 Å². The standard InChI is InChI=1S/C19H18Cl2N4OS/c1-11-5-4-6-13(9-11)17-23-24-19(25(17)3)27-12(2)18(26)22-16-10-14(20)7-8-15(16)21/h4-10,12H,1-3H3,(H,22,26)/t12-/m0/s1. The Morgan fingerprint density at radius 2 is 1.96 bits per heavy atom. The average molecular weight is 421 g/mol. The molecule has 0 unspecified atom stereocenters. The summed E-state index contributed by atoms with van der Waals surface area (Å²) in [5, 5.41) is 12.5. The normalized spacial score (nSPS) is 12.0. The highest BCUT2D eigenvalue weighted by atomic mass is 35.5. The number of amides is 1. The maximum Gasteiger partial charge on any atom is 0.237 e. The molecule has 3 aromatic rings. The lowest BCUT2D eigenvalue weighted by atomic mass is 10.1. The highest BCUT2D eigenvalue weighted by molar-refractivity contribution is 8.00. The largest absolute Gasteiger partial charge is 0.324 e. The van der Waals surface area contributed by atoms with Crippen LogP contribution in [0.4, 0.5) is 5.69 Å². The van der Waals surface area contributed by atoms with E-state index in [-0.39, 0.29) is 5.91 Å². The van der Waals surface area contributed by atoms with E-state index < -0.39 is 5.25 Å². The summed E-state index contributed by atoms with van der Waals surface area (Å²) in [5.41, 5.74) is 2.62. The van der Waals surface area contributed by atoms with Crippen LogP contribution in [-0.4, -0.2) is 25.9 Å². The molecule has 2 aromatic carbocycles. The number of aromatic nitrogens is 3. The summed E-state index contributed by atoms with van der Waals surface area (Å²) >= 11 is 13.4. The van der Waals surface area contributed by atoms with Crippen LogP contribution in [0.5, 0.6) is 0 Å². The van der Waals surface area contributed by atoms with Gasteiger partial charge in [0, 0.05) is 17.6 Å². The lowest BCUT2D eigenvalue weighted by Crippen LogP contribution is -2.23. The molecule has 0 fully saturated rings. The Balaban J connectivity index is 1.73. The van der Waals surface area contributed by atoms with E-state index in [1.165, 1.54) is 11.8 Å². The predicted molar refractivity (Wildman–Crippen MR) is 112 cm³/mol. The molecule has 1 heterocycles. The zero-order valence-corrected chi connectivity index (χ0v) is 17.4. The van der Waals surface area contributed by atoms with E-state index in [1.54, 1.807) is 25.1 Å². The Labute approximate surface area is 172 Å². The second-order valence-corrected chi connectivity index (χ2v) is 8.26. The minimum atomic E-state index is -0.395. The maximum absolute atomic E-state index is 12.5. The van der Waals surface area contributed by atoms with Crippen LogP contribution in [0.25, 0.3) is 11.4 Å². The summed E-state index contributed by atoms with van der Waals surface area (Å²) in [6.07, 6.45) is 0. The van der Waals surface area contributed by atoms with Crippen LogP contribution in [0.1, 0.15) is 12.5 Å². The van der Waals surface area contributed by atoms with E-state index in [0.717, 1.165) is 17.0 Å². The molecule has 1 atom stereocenters. The lowest BCUT2D eigenvalue weighted by molar-refractivity contribution is -0.115. The number of nitrogens with zero attached hydrogens (tertiary/aromatic N) is 3. The first kappa shape index (κ1) is 19.7. The summed E-state index contributed by atoms with van der Waals surface area (Å²) in [7, 11) is 1.89. The number of anilines is 1. The van der Waals surface area contributed by atoms with Gasteiger partial charge >= 0.3 is 0 Å². The Hall–Kier alpha value is -2.02. The van der Waals surface area contributed by atoms with E-state index >= 15 is 0 Å². The Morgan fingerprint density at radius 1 is 1.19 bits per heavy atom. The van der Waals surface area contributed by atoms with Crippen molar-refractivity contribution in [3.63, 3.8) is 0 Å². The third-order valence-electron chi connectivity index (χ3n) is 3.95. The number of aryl methyl sites for hydroxylation is 1. The Bertz CT molecular complexity index is 990. The fraction of sp³-hybridized carbons (Fsp3) is 0.211. The van der Waals surface area contributed by atoms with Gasteiger partial charge < -0.3 is 9.88 Å². The minimum absolute atomic E-state index is 0.190. The fourth-order valence-corrected chi connectivity index (χ4v) is 3.64. The molecular formula is C19H18Cl2N4OS. The van der Waals surface area contributed by atoms with Crippen molar-refractivity contribution >= 4 is 46.6 Å². The van der Waals surface area contributed by atoms with Gasteiger partial charge in [0.15, 0.2) is 11.0 Å². The van der Waals surface area contributed by atoms with E-state index in [0.29, 0.717) is 20.9 Å². The van der Waals surface area contributed by atoms with Gasteiger partial charge in [0.2, 0.25) is 5.91 Å². The van der Waals surface area contributed by atoms with Gasteiger partial charge in [-0.05, 0) is 38.1 Å². The summed E-state index contributed by atoms with van der Waals surface area (Å²) in [4.78, 5) is 12.5. The van der Waals surface area contributed by atoms with Crippen LogP contribution in [-0.2, 0) is 11.8 Å². The van der Waals surface area contributed by atoms with E-state index in [9.17, 15) is 4.79 Å². The zero-order chi connectivity index (χ0) is 19.6. The summed E-state index contributed by atoms with van der Waals surface area (Å²) in [6.45, 7) is 3.84. The van der Waals surface area contributed by atoms with E-state index in [2.05, 4.69) is 21.6 Å². The number of halogens is 2. The molecule has 0 spiro atoms. The first-order chi connectivity index (χ1) is 12.8. The molecule has 8 heteroatoms. The topological polar surface area (TPSA) is 59.8 Å². The first-order valence-electron chi connectivity index (χ1n) is 8.24. The zero-order valence-electron chi connectivity index (χ0n) is 15.0. The third kappa shape index (κ3) is 4.64. The second-order valence-electron chi connectivity index (χ2n) is 6.11.